The van der Waals surface area contributed by atoms with Crippen LogP contribution in [0.1, 0.15) is 70.2 Å². The molecule has 1 atom stereocenters. The number of ether oxygens (including phenoxy) is 2. The Kier molecular flexibility index (Phi) is 7.24. The van der Waals surface area contributed by atoms with Crippen LogP contribution < -0.4 is 10.1 Å². The summed E-state index contributed by atoms with van der Waals surface area (Å²) < 4.78 is 13.3. The highest BCUT2D eigenvalue weighted by molar-refractivity contribution is 5.92. The molecule has 1 N–H and O–H groups in total. The van der Waals surface area contributed by atoms with Crippen LogP contribution in [0.25, 0.3) is 0 Å². The lowest BCUT2D eigenvalue weighted by Gasteiger charge is -2.28. The molecule has 2 aromatic carbocycles. The largest absolute Gasteiger partial charge is 0.489 e. The molecule has 0 radical (unpaired) electrons. The van der Waals surface area contributed by atoms with Gasteiger partial charge in [0, 0.05) is 5.70 Å². The smallest absolute Gasteiger partial charge is 0.338 e. The Hall–Kier alpha value is -3.61. The van der Waals surface area contributed by atoms with Crippen LogP contribution in [0.15, 0.2) is 66.1 Å². The fourth-order valence-electron chi connectivity index (χ4n) is 4.06. The second kappa shape index (κ2) is 10.3. The molecule has 0 amide bonds. The van der Waals surface area contributed by atoms with E-state index >= 15 is 0 Å². The zero-order chi connectivity index (χ0) is 25.0. The minimum absolute atomic E-state index is 0.127. The van der Waals surface area contributed by atoms with Crippen molar-refractivity contribution in [1.29, 1.82) is 0 Å². The molecule has 3 aromatic rings. The number of allylic oxidation sites excluding steroid dienone is 1. The molecule has 0 aliphatic carbocycles. The van der Waals surface area contributed by atoms with Gasteiger partial charge >= 0.3 is 5.97 Å². The van der Waals surface area contributed by atoms with Crippen molar-refractivity contribution < 1.29 is 14.3 Å². The standard InChI is InChI=1S/C28H34N4O3/c1-6-7-16-34-26(33)24-19(2)31-27-29-18-30-32(27)25(24)21-10-14-23(15-11-21)35-17-20-8-12-22(13-9-20)28(3,4)5/h8-15,18,25H,6-7,16-17H2,1-5H3,(H,29,30,31). The van der Waals surface area contributed by atoms with E-state index in [1.165, 1.54) is 11.9 Å². The number of anilines is 1. The number of carbonyl (C=O) groups excluding carboxylic acids is 1. The molecule has 0 fully saturated rings. The molecular formula is C28H34N4O3. The van der Waals surface area contributed by atoms with Crippen LogP contribution in [0, 0.1) is 0 Å². The molecule has 2 heterocycles. The average molecular weight is 475 g/mol. The predicted molar refractivity (Wildman–Crippen MR) is 136 cm³/mol. The molecule has 0 saturated heterocycles. The van der Waals surface area contributed by atoms with Crippen molar-refractivity contribution in [2.75, 3.05) is 11.9 Å². The van der Waals surface area contributed by atoms with E-state index in [2.05, 4.69) is 67.4 Å². The summed E-state index contributed by atoms with van der Waals surface area (Å²) in [6.45, 7) is 11.4. The summed E-state index contributed by atoms with van der Waals surface area (Å²) in [5, 5.41) is 7.54. The van der Waals surface area contributed by atoms with E-state index in [-0.39, 0.29) is 11.4 Å². The summed E-state index contributed by atoms with van der Waals surface area (Å²) in [5.74, 6) is 1.01. The van der Waals surface area contributed by atoms with Gasteiger partial charge in [-0.1, -0.05) is 70.5 Å². The summed E-state index contributed by atoms with van der Waals surface area (Å²) in [6.07, 6.45) is 3.27. The average Bonchev–Trinajstić information content (AvgIpc) is 3.30. The van der Waals surface area contributed by atoms with Crippen molar-refractivity contribution >= 4 is 11.9 Å². The van der Waals surface area contributed by atoms with E-state index in [0.717, 1.165) is 35.4 Å². The van der Waals surface area contributed by atoms with Crippen LogP contribution in [-0.4, -0.2) is 27.3 Å². The van der Waals surface area contributed by atoms with Crippen molar-refractivity contribution in [1.82, 2.24) is 14.8 Å². The molecule has 35 heavy (non-hydrogen) atoms. The van der Waals surface area contributed by atoms with Crippen LogP contribution >= 0.6 is 0 Å². The topological polar surface area (TPSA) is 78.3 Å². The van der Waals surface area contributed by atoms with E-state index in [1.807, 2.05) is 31.2 Å². The summed E-state index contributed by atoms with van der Waals surface area (Å²) in [7, 11) is 0. The maximum absolute atomic E-state index is 13.0. The summed E-state index contributed by atoms with van der Waals surface area (Å²) in [5.41, 5.74) is 4.70. The SMILES string of the molecule is CCCCOC(=O)C1=C(C)Nc2ncnn2C1c1ccc(OCc2ccc(C(C)(C)C)cc2)cc1. The summed E-state index contributed by atoms with van der Waals surface area (Å²) >= 11 is 0. The molecule has 184 valence electrons. The Morgan fingerprint density at radius 3 is 2.46 bits per heavy atom. The molecule has 1 aliphatic heterocycles. The van der Waals surface area contributed by atoms with Crippen molar-refractivity contribution in [3.63, 3.8) is 0 Å². The predicted octanol–water partition coefficient (Wildman–Crippen LogP) is 5.79. The first kappa shape index (κ1) is 24.5. The van der Waals surface area contributed by atoms with Crippen LogP contribution in [-0.2, 0) is 21.6 Å². The van der Waals surface area contributed by atoms with E-state index in [0.29, 0.717) is 24.7 Å². The molecule has 7 nitrogen and oxygen atoms in total. The Morgan fingerprint density at radius 2 is 1.80 bits per heavy atom. The maximum Gasteiger partial charge on any atom is 0.338 e. The van der Waals surface area contributed by atoms with Gasteiger partial charge in [-0.25, -0.2) is 9.48 Å². The zero-order valence-corrected chi connectivity index (χ0v) is 21.2. The van der Waals surface area contributed by atoms with E-state index < -0.39 is 6.04 Å². The minimum Gasteiger partial charge on any atom is -0.489 e. The van der Waals surface area contributed by atoms with Gasteiger partial charge in [-0.05, 0) is 47.6 Å². The third-order valence-corrected chi connectivity index (χ3v) is 6.17. The van der Waals surface area contributed by atoms with Crippen LogP contribution in [0.4, 0.5) is 5.95 Å². The van der Waals surface area contributed by atoms with Crippen molar-refractivity contribution in [2.45, 2.75) is 65.5 Å². The highest BCUT2D eigenvalue weighted by Crippen LogP contribution is 2.36. The quantitative estimate of drug-likeness (QED) is 0.329. The number of carbonyl (C=O) groups is 1. The monoisotopic (exact) mass is 474 g/mol. The number of benzene rings is 2. The maximum atomic E-state index is 13.0. The van der Waals surface area contributed by atoms with Crippen LogP contribution in [0.2, 0.25) is 0 Å². The van der Waals surface area contributed by atoms with Gasteiger partial charge in [0.15, 0.2) is 0 Å². The van der Waals surface area contributed by atoms with Gasteiger partial charge < -0.3 is 14.8 Å². The van der Waals surface area contributed by atoms with Gasteiger partial charge in [-0.2, -0.15) is 10.1 Å². The lowest BCUT2D eigenvalue weighted by molar-refractivity contribution is -0.139. The molecule has 1 unspecified atom stereocenters. The Balaban J connectivity index is 1.51. The molecule has 0 bridgehead atoms. The zero-order valence-electron chi connectivity index (χ0n) is 21.2. The van der Waals surface area contributed by atoms with Crippen LogP contribution in [0.5, 0.6) is 5.75 Å². The van der Waals surface area contributed by atoms with Gasteiger partial charge in [0.25, 0.3) is 0 Å². The van der Waals surface area contributed by atoms with Crippen molar-refractivity contribution in [2.24, 2.45) is 0 Å². The molecule has 7 heteroatoms. The number of nitrogens with one attached hydrogen (secondary N) is 1. The molecule has 4 rings (SSSR count). The number of rotatable bonds is 8. The number of esters is 1. The molecule has 1 aromatic heterocycles. The van der Waals surface area contributed by atoms with Crippen molar-refractivity contribution in [3.8, 4) is 5.75 Å². The van der Waals surface area contributed by atoms with Gasteiger partial charge in [0.05, 0.1) is 12.2 Å². The Labute approximate surface area is 207 Å². The minimum atomic E-state index is -0.429. The molecule has 1 aliphatic rings. The van der Waals surface area contributed by atoms with E-state index in [4.69, 9.17) is 9.47 Å². The third-order valence-electron chi connectivity index (χ3n) is 6.17. The first-order valence-electron chi connectivity index (χ1n) is 12.1. The normalized spacial score (nSPS) is 15.4. The van der Waals surface area contributed by atoms with Gasteiger partial charge in [0.1, 0.15) is 24.7 Å². The number of nitrogens with zero attached hydrogens (tertiary/aromatic N) is 3. The molecule has 0 spiro atoms. The molecule has 0 saturated carbocycles. The van der Waals surface area contributed by atoms with Gasteiger partial charge in [-0.3, -0.25) is 0 Å². The number of unbranched alkanes of at least 4 members (excludes halogenated alkanes) is 1. The number of aromatic nitrogens is 3. The highest BCUT2D eigenvalue weighted by atomic mass is 16.5. The number of hydrogen-bond acceptors (Lipinski definition) is 6. The third kappa shape index (κ3) is 5.56. The second-order valence-corrected chi connectivity index (χ2v) is 9.89. The Bertz CT molecular complexity index is 1190. The lowest BCUT2D eigenvalue weighted by atomic mass is 9.87. The fourth-order valence-corrected chi connectivity index (χ4v) is 4.06. The van der Waals surface area contributed by atoms with Gasteiger partial charge in [-0.15, -0.1) is 0 Å². The van der Waals surface area contributed by atoms with E-state index in [1.54, 1.807) is 4.68 Å². The first-order valence-corrected chi connectivity index (χ1v) is 12.1. The summed E-state index contributed by atoms with van der Waals surface area (Å²) in [6, 6.07) is 15.9. The fraction of sp³-hybridized carbons (Fsp3) is 0.393. The lowest BCUT2D eigenvalue weighted by Crippen LogP contribution is -2.29. The molecular weight excluding hydrogens is 440 g/mol. The number of hydrogen-bond donors (Lipinski definition) is 1. The second-order valence-electron chi connectivity index (χ2n) is 9.89. The van der Waals surface area contributed by atoms with Crippen LogP contribution in [0.3, 0.4) is 0 Å². The summed E-state index contributed by atoms with van der Waals surface area (Å²) in [4.78, 5) is 17.3. The highest BCUT2D eigenvalue weighted by Gasteiger charge is 2.34. The Morgan fingerprint density at radius 1 is 1.09 bits per heavy atom. The van der Waals surface area contributed by atoms with E-state index in [9.17, 15) is 4.79 Å². The van der Waals surface area contributed by atoms with Gasteiger partial charge in [0.2, 0.25) is 5.95 Å². The first-order chi connectivity index (χ1) is 16.8. The van der Waals surface area contributed by atoms with Crippen molar-refractivity contribution in [3.05, 3.63) is 82.8 Å². The number of fused-ring (bicyclic) bond motifs is 1.